The Kier molecular flexibility index (Phi) is 9.08. The summed E-state index contributed by atoms with van der Waals surface area (Å²) in [7, 11) is 0. The maximum atomic E-state index is 6.25. The van der Waals surface area contributed by atoms with Crippen molar-refractivity contribution in [2.75, 3.05) is 64.1 Å². The third kappa shape index (κ3) is 6.81. The molecule has 48 heavy (non-hydrogen) atoms. The second-order valence-electron chi connectivity index (χ2n) is 12.7. The van der Waals surface area contributed by atoms with E-state index in [1.54, 1.807) is 0 Å². The van der Waals surface area contributed by atoms with Gasteiger partial charge in [-0.05, 0) is 65.2 Å². The molecular formula is C38H38Cl2N6O2. The molecule has 5 aromatic rings. The standard InChI is InChI=1S/C38H38Cl2N6O2/c39-30-10-6-28(7-11-30)37(29-8-12-31(40)13-9-29)45-19-15-44(16-20-45)25-36-41-33-4-2-1-3-32(33)38(42-36)46-21-17-43(18-22-46)24-27-5-14-34-35(23-27)48-26-47-34/h1-14,23,37H,15-22,24-26H2. The van der Waals surface area contributed by atoms with E-state index in [4.69, 9.17) is 42.6 Å². The second kappa shape index (κ2) is 13.9. The summed E-state index contributed by atoms with van der Waals surface area (Å²) in [5, 5.41) is 2.61. The van der Waals surface area contributed by atoms with Crippen LogP contribution in [0.5, 0.6) is 11.5 Å². The highest BCUT2D eigenvalue weighted by atomic mass is 35.5. The molecule has 4 aromatic carbocycles. The van der Waals surface area contributed by atoms with E-state index in [2.05, 4.69) is 80.3 Å². The number of rotatable bonds is 8. The fraction of sp³-hybridized carbons (Fsp3) is 0.316. The van der Waals surface area contributed by atoms with Gasteiger partial charge < -0.3 is 14.4 Å². The van der Waals surface area contributed by atoms with E-state index >= 15 is 0 Å². The summed E-state index contributed by atoms with van der Waals surface area (Å²) in [4.78, 5) is 20.2. The number of ether oxygens (including phenoxy) is 2. The minimum atomic E-state index is 0.133. The Morgan fingerprint density at radius 3 is 1.96 bits per heavy atom. The van der Waals surface area contributed by atoms with Gasteiger partial charge in [-0.1, -0.05) is 65.7 Å². The molecule has 0 N–H and O–H groups in total. The normalized spacial score (nSPS) is 17.4. The molecule has 246 valence electrons. The van der Waals surface area contributed by atoms with E-state index in [9.17, 15) is 0 Å². The first-order valence-corrected chi connectivity index (χ1v) is 17.4. The molecule has 0 spiro atoms. The van der Waals surface area contributed by atoms with Crippen molar-refractivity contribution in [3.63, 3.8) is 0 Å². The lowest BCUT2D eigenvalue weighted by molar-refractivity contribution is 0.103. The fourth-order valence-corrected chi connectivity index (χ4v) is 7.37. The Morgan fingerprint density at radius 2 is 1.25 bits per heavy atom. The zero-order chi connectivity index (χ0) is 32.5. The molecule has 2 fully saturated rings. The van der Waals surface area contributed by atoms with Crippen molar-refractivity contribution in [1.29, 1.82) is 0 Å². The summed E-state index contributed by atoms with van der Waals surface area (Å²) in [5.74, 6) is 3.60. The van der Waals surface area contributed by atoms with Crippen molar-refractivity contribution < 1.29 is 9.47 Å². The van der Waals surface area contributed by atoms with Gasteiger partial charge in [-0.25, -0.2) is 9.97 Å². The largest absolute Gasteiger partial charge is 0.454 e. The number of hydrogen-bond acceptors (Lipinski definition) is 8. The van der Waals surface area contributed by atoms with Gasteiger partial charge in [-0.2, -0.15) is 0 Å². The molecule has 0 amide bonds. The van der Waals surface area contributed by atoms with Crippen LogP contribution in [0.2, 0.25) is 10.0 Å². The van der Waals surface area contributed by atoms with Crippen LogP contribution in [0.3, 0.4) is 0 Å². The molecule has 0 radical (unpaired) electrons. The van der Waals surface area contributed by atoms with Crippen molar-refractivity contribution in [3.05, 3.63) is 124 Å². The van der Waals surface area contributed by atoms with Crippen molar-refractivity contribution in [1.82, 2.24) is 24.7 Å². The van der Waals surface area contributed by atoms with Gasteiger partial charge in [-0.3, -0.25) is 14.7 Å². The van der Waals surface area contributed by atoms with E-state index in [0.717, 1.165) is 110 Å². The van der Waals surface area contributed by atoms with E-state index in [1.807, 2.05) is 30.3 Å². The summed E-state index contributed by atoms with van der Waals surface area (Å²) < 4.78 is 11.1. The predicted octanol–water partition coefficient (Wildman–Crippen LogP) is 6.89. The van der Waals surface area contributed by atoms with Crippen LogP contribution in [0.25, 0.3) is 10.9 Å². The highest BCUT2D eigenvalue weighted by molar-refractivity contribution is 6.30. The van der Waals surface area contributed by atoms with E-state index in [0.29, 0.717) is 6.79 Å². The molecular weight excluding hydrogens is 643 g/mol. The number of benzene rings is 4. The van der Waals surface area contributed by atoms with Crippen LogP contribution in [0, 0.1) is 0 Å². The number of halogens is 2. The van der Waals surface area contributed by atoms with Crippen LogP contribution in [-0.4, -0.2) is 83.8 Å². The third-order valence-corrected chi connectivity index (χ3v) is 10.2. The van der Waals surface area contributed by atoms with Crippen molar-refractivity contribution in [2.24, 2.45) is 0 Å². The van der Waals surface area contributed by atoms with Gasteiger partial charge in [0.05, 0.1) is 18.1 Å². The maximum absolute atomic E-state index is 6.25. The number of nitrogens with zero attached hydrogens (tertiary/aromatic N) is 6. The molecule has 0 aliphatic carbocycles. The molecule has 8 rings (SSSR count). The van der Waals surface area contributed by atoms with Gasteiger partial charge in [0.1, 0.15) is 11.6 Å². The molecule has 8 nitrogen and oxygen atoms in total. The molecule has 3 aliphatic heterocycles. The number of aromatic nitrogens is 2. The highest BCUT2D eigenvalue weighted by Crippen LogP contribution is 2.34. The van der Waals surface area contributed by atoms with Gasteiger partial charge >= 0.3 is 0 Å². The zero-order valence-corrected chi connectivity index (χ0v) is 28.3. The third-order valence-electron chi connectivity index (χ3n) is 9.65. The smallest absolute Gasteiger partial charge is 0.231 e. The van der Waals surface area contributed by atoms with Gasteiger partial charge in [0.25, 0.3) is 0 Å². The van der Waals surface area contributed by atoms with Gasteiger partial charge in [0.2, 0.25) is 6.79 Å². The summed E-state index contributed by atoms with van der Waals surface area (Å²) in [6.45, 7) is 9.41. The Hall–Kier alpha value is -3.92. The monoisotopic (exact) mass is 680 g/mol. The zero-order valence-electron chi connectivity index (χ0n) is 26.8. The first kappa shape index (κ1) is 31.4. The Balaban J connectivity index is 0.944. The van der Waals surface area contributed by atoms with Gasteiger partial charge in [-0.15, -0.1) is 0 Å². The van der Waals surface area contributed by atoms with Crippen molar-refractivity contribution in [3.8, 4) is 11.5 Å². The number of anilines is 1. The quantitative estimate of drug-likeness (QED) is 0.176. The van der Waals surface area contributed by atoms with Gasteiger partial charge in [0.15, 0.2) is 11.5 Å². The van der Waals surface area contributed by atoms with Crippen molar-refractivity contribution >= 4 is 39.9 Å². The molecule has 2 saturated heterocycles. The van der Waals surface area contributed by atoms with E-state index in [-0.39, 0.29) is 6.04 Å². The summed E-state index contributed by atoms with van der Waals surface area (Å²) in [6.07, 6.45) is 0. The Labute approximate surface area is 291 Å². The highest BCUT2D eigenvalue weighted by Gasteiger charge is 2.28. The summed E-state index contributed by atoms with van der Waals surface area (Å²) in [6, 6.07) is 31.3. The Morgan fingerprint density at radius 1 is 0.625 bits per heavy atom. The van der Waals surface area contributed by atoms with Crippen LogP contribution in [0.4, 0.5) is 5.82 Å². The summed E-state index contributed by atoms with van der Waals surface area (Å²) in [5.41, 5.74) is 4.71. The topological polar surface area (TPSA) is 57.2 Å². The van der Waals surface area contributed by atoms with E-state index < -0.39 is 0 Å². The lowest BCUT2D eigenvalue weighted by atomic mass is 9.96. The van der Waals surface area contributed by atoms with E-state index in [1.165, 1.54) is 16.7 Å². The number of para-hydroxylation sites is 1. The molecule has 4 heterocycles. The molecule has 1 aromatic heterocycles. The summed E-state index contributed by atoms with van der Waals surface area (Å²) >= 11 is 12.5. The number of hydrogen-bond donors (Lipinski definition) is 0. The van der Waals surface area contributed by atoms with Crippen LogP contribution < -0.4 is 14.4 Å². The lowest BCUT2D eigenvalue weighted by Crippen LogP contribution is -2.48. The predicted molar refractivity (Wildman–Crippen MR) is 191 cm³/mol. The molecule has 10 heteroatoms. The SMILES string of the molecule is Clc1ccc(C(c2ccc(Cl)cc2)N2CCN(Cc3nc(N4CCN(Cc5ccc6c(c5)OCO6)CC4)c4ccccc4n3)CC2)cc1. The molecule has 0 unspecified atom stereocenters. The first-order valence-electron chi connectivity index (χ1n) is 16.6. The first-order chi connectivity index (χ1) is 23.6. The van der Waals surface area contributed by atoms with Crippen LogP contribution in [0.1, 0.15) is 28.6 Å². The fourth-order valence-electron chi connectivity index (χ4n) is 7.12. The van der Waals surface area contributed by atoms with Crippen LogP contribution in [-0.2, 0) is 13.1 Å². The van der Waals surface area contributed by atoms with Crippen molar-refractivity contribution in [2.45, 2.75) is 19.1 Å². The molecule has 0 saturated carbocycles. The molecule has 3 aliphatic rings. The Bertz CT molecular complexity index is 1830. The lowest BCUT2D eigenvalue weighted by Gasteiger charge is -2.39. The van der Waals surface area contributed by atoms with Crippen LogP contribution >= 0.6 is 23.2 Å². The average Bonchev–Trinajstić information content (AvgIpc) is 3.59. The molecule has 0 atom stereocenters. The number of fused-ring (bicyclic) bond motifs is 2. The second-order valence-corrected chi connectivity index (χ2v) is 13.6. The average molecular weight is 682 g/mol. The minimum absolute atomic E-state index is 0.133. The van der Waals surface area contributed by atoms with Crippen LogP contribution in [0.15, 0.2) is 91.0 Å². The maximum Gasteiger partial charge on any atom is 0.231 e. The number of piperazine rings is 2. The van der Waals surface area contributed by atoms with Gasteiger partial charge in [0, 0.05) is 74.3 Å². The molecule has 0 bridgehead atoms. The minimum Gasteiger partial charge on any atom is -0.454 e.